The topological polar surface area (TPSA) is 84.9 Å². The minimum Gasteiger partial charge on any atom is -0.484 e. The highest BCUT2D eigenvalue weighted by Crippen LogP contribution is 2.37. The molecule has 2 amide bonds. The Bertz CT molecular complexity index is 1470. The van der Waals surface area contributed by atoms with Gasteiger partial charge in [0.05, 0.1) is 34.0 Å². The van der Waals surface area contributed by atoms with Crippen molar-refractivity contribution in [3.05, 3.63) is 105 Å². The number of carbonyl (C=O) groups is 3. The van der Waals surface area contributed by atoms with Gasteiger partial charge in [-0.05, 0) is 73.2 Å². The molecule has 1 aliphatic rings. The zero-order chi connectivity index (χ0) is 27.4. The van der Waals surface area contributed by atoms with Crippen LogP contribution < -0.4 is 15.0 Å². The number of halogens is 3. The number of methoxy groups -OCH3 is 1. The Morgan fingerprint density at radius 3 is 2.32 bits per heavy atom. The fourth-order valence-corrected chi connectivity index (χ4v) is 4.11. The number of ether oxygens (including phenoxy) is 2. The zero-order valence-corrected chi connectivity index (χ0v) is 21.8. The highest BCUT2D eigenvalue weighted by Gasteiger charge is 2.38. The van der Waals surface area contributed by atoms with Crippen LogP contribution in [0.5, 0.6) is 5.75 Å². The molecule has 0 spiro atoms. The Kier molecular flexibility index (Phi) is 8.14. The van der Waals surface area contributed by atoms with E-state index in [1.54, 1.807) is 55.5 Å². The lowest BCUT2D eigenvalue weighted by molar-refractivity contribution is -0.136. The molecule has 0 radical (unpaired) electrons. The van der Waals surface area contributed by atoms with Crippen LogP contribution in [-0.4, -0.2) is 31.5 Å². The molecular formula is C28H21Cl2FN2O5. The second kappa shape index (κ2) is 11.5. The molecule has 194 valence electrons. The molecule has 1 heterocycles. The number of esters is 1. The summed E-state index contributed by atoms with van der Waals surface area (Å²) in [5, 5.41) is 3.21. The number of allylic oxidation sites excluding steroid dienone is 1. The number of nitrogens with one attached hydrogen (secondary N) is 1. The summed E-state index contributed by atoms with van der Waals surface area (Å²) < 4.78 is 23.4. The third kappa shape index (κ3) is 5.88. The smallest absolute Gasteiger partial charge is 0.340 e. The van der Waals surface area contributed by atoms with E-state index in [4.69, 9.17) is 32.7 Å². The van der Waals surface area contributed by atoms with Crippen molar-refractivity contribution in [3.63, 3.8) is 0 Å². The molecule has 3 aromatic carbocycles. The second-order valence-corrected chi connectivity index (χ2v) is 8.98. The molecule has 0 bridgehead atoms. The first kappa shape index (κ1) is 26.9. The first-order valence-electron chi connectivity index (χ1n) is 11.3. The lowest BCUT2D eigenvalue weighted by Gasteiger charge is -2.18. The largest absolute Gasteiger partial charge is 0.484 e. The second-order valence-electron chi connectivity index (χ2n) is 8.16. The molecule has 0 atom stereocenters. The van der Waals surface area contributed by atoms with E-state index in [0.29, 0.717) is 33.4 Å². The van der Waals surface area contributed by atoms with Gasteiger partial charge in [-0.1, -0.05) is 35.3 Å². The van der Waals surface area contributed by atoms with Crippen LogP contribution in [0.4, 0.5) is 15.8 Å². The summed E-state index contributed by atoms with van der Waals surface area (Å²) in [4.78, 5) is 39.5. The number of nitrogens with zero attached hydrogens (tertiary/aromatic N) is 1. The number of hydrogen-bond donors (Lipinski definition) is 1. The van der Waals surface area contributed by atoms with Crippen LogP contribution >= 0.6 is 23.2 Å². The zero-order valence-electron chi connectivity index (χ0n) is 20.3. The molecule has 4 rings (SSSR count). The molecular weight excluding hydrogens is 534 g/mol. The predicted molar refractivity (Wildman–Crippen MR) is 144 cm³/mol. The average Bonchev–Trinajstić information content (AvgIpc) is 3.15. The van der Waals surface area contributed by atoms with Gasteiger partial charge in [0.2, 0.25) is 0 Å². The van der Waals surface area contributed by atoms with Crippen LogP contribution in [0.25, 0.3) is 6.08 Å². The van der Waals surface area contributed by atoms with Crippen LogP contribution in [0.1, 0.15) is 12.5 Å². The van der Waals surface area contributed by atoms with E-state index in [9.17, 15) is 18.8 Å². The summed E-state index contributed by atoms with van der Waals surface area (Å²) in [7, 11) is 1.24. The summed E-state index contributed by atoms with van der Waals surface area (Å²) in [6.07, 6.45) is 1.57. The van der Waals surface area contributed by atoms with Crippen LogP contribution in [0.2, 0.25) is 10.0 Å². The Balaban J connectivity index is 1.51. The molecule has 0 aromatic heterocycles. The number of anilines is 2. The Morgan fingerprint density at radius 2 is 1.68 bits per heavy atom. The van der Waals surface area contributed by atoms with Crippen molar-refractivity contribution < 1.29 is 28.2 Å². The summed E-state index contributed by atoms with van der Waals surface area (Å²) in [5.41, 5.74) is 2.17. The minimum atomic E-state index is -0.656. The molecule has 0 unspecified atom stereocenters. The van der Waals surface area contributed by atoms with Gasteiger partial charge in [0, 0.05) is 11.4 Å². The molecule has 0 aliphatic carbocycles. The van der Waals surface area contributed by atoms with Gasteiger partial charge in [-0.25, -0.2) is 9.18 Å². The van der Waals surface area contributed by atoms with Crippen molar-refractivity contribution in [1.29, 1.82) is 0 Å². The van der Waals surface area contributed by atoms with E-state index in [-0.39, 0.29) is 22.8 Å². The summed E-state index contributed by atoms with van der Waals surface area (Å²) in [5.74, 6) is -1.49. The number of hydrogen-bond acceptors (Lipinski definition) is 5. The van der Waals surface area contributed by atoms with Gasteiger partial charge in [0.1, 0.15) is 11.6 Å². The quantitative estimate of drug-likeness (QED) is 0.285. The van der Waals surface area contributed by atoms with E-state index in [1.807, 2.05) is 0 Å². The highest BCUT2D eigenvalue weighted by atomic mass is 35.5. The average molecular weight is 555 g/mol. The molecule has 0 saturated carbocycles. The molecule has 10 heteroatoms. The fraction of sp³-hybridized carbons (Fsp3) is 0.107. The van der Waals surface area contributed by atoms with Crippen molar-refractivity contribution in [3.8, 4) is 5.75 Å². The maximum atomic E-state index is 13.4. The van der Waals surface area contributed by atoms with Crippen molar-refractivity contribution in [1.82, 2.24) is 0 Å². The first-order valence-corrected chi connectivity index (χ1v) is 12.0. The van der Waals surface area contributed by atoms with Crippen LogP contribution in [0.15, 0.2) is 83.6 Å². The van der Waals surface area contributed by atoms with E-state index in [1.165, 1.54) is 36.3 Å². The monoisotopic (exact) mass is 554 g/mol. The molecule has 1 N–H and O–H groups in total. The third-order valence-electron chi connectivity index (χ3n) is 5.64. The maximum Gasteiger partial charge on any atom is 0.340 e. The van der Waals surface area contributed by atoms with Gasteiger partial charge in [0.15, 0.2) is 6.61 Å². The SMILES string of the molecule is COC(=O)C1=C(C)N(c2ccc(Cl)c(Cl)c2)C(=O)/C1=C\c1ccc(OCC(=O)Nc2ccc(F)cc2)cc1. The number of amides is 2. The summed E-state index contributed by atoms with van der Waals surface area (Å²) >= 11 is 12.2. The van der Waals surface area contributed by atoms with Gasteiger partial charge >= 0.3 is 5.97 Å². The molecule has 38 heavy (non-hydrogen) atoms. The molecule has 1 aliphatic heterocycles. The van der Waals surface area contributed by atoms with Crippen molar-refractivity contribution in [2.75, 3.05) is 23.9 Å². The van der Waals surface area contributed by atoms with Crippen LogP contribution in [0, 0.1) is 5.82 Å². The van der Waals surface area contributed by atoms with Crippen LogP contribution in [0.3, 0.4) is 0 Å². The Hall–Kier alpha value is -4.14. The third-order valence-corrected chi connectivity index (χ3v) is 6.38. The van der Waals surface area contributed by atoms with Gasteiger partial charge < -0.3 is 14.8 Å². The van der Waals surface area contributed by atoms with E-state index in [2.05, 4.69) is 5.32 Å². The predicted octanol–water partition coefficient (Wildman–Crippen LogP) is 6.03. The standard InChI is InChI=1S/C28H21Cl2FN2O5/c1-16-26(28(36)37-2)22(27(35)33(16)20-9-12-23(29)24(30)14-20)13-17-3-10-21(11-4-17)38-15-25(34)32-19-7-5-18(31)6-8-19/h3-14H,15H2,1-2H3,(H,32,34)/b22-13-. The summed E-state index contributed by atoms with van der Waals surface area (Å²) in [6.45, 7) is 1.38. The van der Waals surface area contributed by atoms with Crippen LogP contribution in [-0.2, 0) is 19.1 Å². The number of benzene rings is 3. The van der Waals surface area contributed by atoms with E-state index < -0.39 is 23.6 Å². The number of carbonyl (C=O) groups excluding carboxylic acids is 3. The van der Waals surface area contributed by atoms with Crippen molar-refractivity contribution in [2.24, 2.45) is 0 Å². The van der Waals surface area contributed by atoms with E-state index in [0.717, 1.165) is 0 Å². The molecule has 0 fully saturated rings. The Labute approximate surface area is 228 Å². The van der Waals surface area contributed by atoms with Gasteiger partial charge in [-0.2, -0.15) is 0 Å². The molecule has 7 nitrogen and oxygen atoms in total. The van der Waals surface area contributed by atoms with Crippen molar-refractivity contribution in [2.45, 2.75) is 6.92 Å². The normalized spacial score (nSPS) is 14.2. The fourth-order valence-electron chi connectivity index (χ4n) is 3.82. The highest BCUT2D eigenvalue weighted by molar-refractivity contribution is 6.42. The van der Waals surface area contributed by atoms with Gasteiger partial charge in [-0.3, -0.25) is 14.5 Å². The van der Waals surface area contributed by atoms with Crippen molar-refractivity contribution >= 4 is 58.4 Å². The lowest BCUT2D eigenvalue weighted by Crippen LogP contribution is -2.24. The molecule has 0 saturated heterocycles. The maximum absolute atomic E-state index is 13.4. The minimum absolute atomic E-state index is 0.126. The molecule has 3 aromatic rings. The summed E-state index contributed by atoms with van der Waals surface area (Å²) in [6, 6.07) is 16.7. The lowest BCUT2D eigenvalue weighted by atomic mass is 10.0. The van der Waals surface area contributed by atoms with Gasteiger partial charge in [0.25, 0.3) is 11.8 Å². The van der Waals surface area contributed by atoms with Gasteiger partial charge in [-0.15, -0.1) is 0 Å². The Morgan fingerprint density at radius 1 is 1.00 bits per heavy atom. The first-order chi connectivity index (χ1) is 18.2. The number of rotatable bonds is 7. The van der Waals surface area contributed by atoms with E-state index >= 15 is 0 Å².